The molecule has 1 aliphatic rings. The highest BCUT2D eigenvalue weighted by Gasteiger charge is 2.30. The minimum absolute atomic E-state index is 0.0881. The highest BCUT2D eigenvalue weighted by atomic mass is 127. The van der Waals surface area contributed by atoms with Crippen LogP contribution in [0.1, 0.15) is 16.8 Å². The van der Waals surface area contributed by atoms with Crippen molar-refractivity contribution in [2.45, 2.75) is 12.5 Å². The summed E-state index contributed by atoms with van der Waals surface area (Å²) in [5, 5.41) is 8.90. The van der Waals surface area contributed by atoms with E-state index in [1.54, 1.807) is 11.0 Å². The maximum absolute atomic E-state index is 12.5. The van der Waals surface area contributed by atoms with Gasteiger partial charge < -0.3 is 14.7 Å². The molecule has 0 bridgehead atoms. The predicted octanol–water partition coefficient (Wildman–Crippen LogP) is 1.61. The first-order valence-corrected chi connectivity index (χ1v) is 7.02. The Morgan fingerprint density at radius 2 is 2.16 bits per heavy atom. The van der Waals surface area contributed by atoms with Crippen LogP contribution in [0.25, 0.3) is 0 Å². The second-order valence-corrected chi connectivity index (χ2v) is 5.47. The van der Waals surface area contributed by atoms with Gasteiger partial charge in [0, 0.05) is 10.1 Å². The number of hydrogen-bond donors (Lipinski definition) is 1. The number of morpholine rings is 1. The minimum atomic E-state index is -0.920. The molecule has 1 heterocycles. The molecule has 0 saturated carbocycles. The van der Waals surface area contributed by atoms with Gasteiger partial charge in [-0.3, -0.25) is 9.59 Å². The summed E-state index contributed by atoms with van der Waals surface area (Å²) in [5.74, 6) is -1.05. The standard InChI is InChI=1S/C13H14INO4/c14-11-4-2-1-3-10(11)13(18)15-5-6-19-8-9(15)7-12(16)17/h1-4,9H,5-8H2,(H,16,17). The molecule has 1 unspecified atom stereocenters. The smallest absolute Gasteiger partial charge is 0.305 e. The lowest BCUT2D eigenvalue weighted by molar-refractivity contribution is -0.139. The van der Waals surface area contributed by atoms with Gasteiger partial charge in [-0.15, -0.1) is 0 Å². The Balaban J connectivity index is 2.20. The molecule has 1 N–H and O–H groups in total. The molecule has 6 heteroatoms. The van der Waals surface area contributed by atoms with Crippen LogP contribution in [-0.2, 0) is 9.53 Å². The second kappa shape index (κ2) is 6.33. The Kier molecular flexibility index (Phi) is 4.76. The molecular weight excluding hydrogens is 361 g/mol. The topological polar surface area (TPSA) is 66.8 Å². The summed E-state index contributed by atoms with van der Waals surface area (Å²) in [4.78, 5) is 24.9. The lowest BCUT2D eigenvalue weighted by Crippen LogP contribution is -2.49. The van der Waals surface area contributed by atoms with E-state index in [1.165, 1.54) is 0 Å². The first-order chi connectivity index (χ1) is 9.09. The molecule has 2 rings (SSSR count). The van der Waals surface area contributed by atoms with Gasteiger partial charge in [-0.25, -0.2) is 0 Å². The van der Waals surface area contributed by atoms with Crippen LogP contribution >= 0.6 is 22.6 Å². The van der Waals surface area contributed by atoms with Gasteiger partial charge in [0.1, 0.15) is 0 Å². The maximum atomic E-state index is 12.5. The van der Waals surface area contributed by atoms with E-state index < -0.39 is 12.0 Å². The second-order valence-electron chi connectivity index (χ2n) is 4.30. The summed E-state index contributed by atoms with van der Waals surface area (Å²) >= 11 is 2.11. The Morgan fingerprint density at radius 1 is 1.42 bits per heavy atom. The summed E-state index contributed by atoms with van der Waals surface area (Å²) in [5.41, 5.74) is 0.611. The summed E-state index contributed by atoms with van der Waals surface area (Å²) < 4.78 is 6.14. The molecular formula is C13H14INO4. The van der Waals surface area contributed by atoms with E-state index in [2.05, 4.69) is 22.6 Å². The first kappa shape index (κ1) is 14.3. The molecule has 1 aromatic carbocycles. The number of amides is 1. The van der Waals surface area contributed by atoms with Gasteiger partial charge in [-0.1, -0.05) is 12.1 Å². The number of nitrogens with zero attached hydrogens (tertiary/aromatic N) is 1. The average Bonchev–Trinajstić information content (AvgIpc) is 2.38. The number of ether oxygens (including phenoxy) is 1. The van der Waals surface area contributed by atoms with E-state index >= 15 is 0 Å². The number of halogens is 1. The van der Waals surface area contributed by atoms with E-state index in [1.807, 2.05) is 18.2 Å². The van der Waals surface area contributed by atoms with Crippen LogP contribution < -0.4 is 0 Å². The van der Waals surface area contributed by atoms with E-state index in [4.69, 9.17) is 9.84 Å². The number of hydrogen-bond acceptors (Lipinski definition) is 3. The van der Waals surface area contributed by atoms with Crippen LogP contribution in [0.3, 0.4) is 0 Å². The lowest BCUT2D eigenvalue weighted by atomic mass is 10.1. The van der Waals surface area contributed by atoms with Gasteiger partial charge in [0.05, 0.1) is 31.2 Å². The number of aliphatic carboxylic acids is 1. The zero-order valence-corrected chi connectivity index (χ0v) is 12.4. The molecule has 1 aromatic rings. The fourth-order valence-corrected chi connectivity index (χ4v) is 2.70. The van der Waals surface area contributed by atoms with Gasteiger partial charge in [-0.2, -0.15) is 0 Å². The third-order valence-corrected chi connectivity index (χ3v) is 3.94. The summed E-state index contributed by atoms with van der Waals surface area (Å²) in [6, 6.07) is 6.90. The summed E-state index contributed by atoms with van der Waals surface area (Å²) in [6.07, 6.45) is -0.0881. The largest absolute Gasteiger partial charge is 0.481 e. The van der Waals surface area contributed by atoms with Crippen molar-refractivity contribution >= 4 is 34.5 Å². The van der Waals surface area contributed by atoms with Crippen molar-refractivity contribution in [3.63, 3.8) is 0 Å². The molecule has 1 saturated heterocycles. The minimum Gasteiger partial charge on any atom is -0.481 e. The number of carboxylic acids is 1. The summed E-state index contributed by atoms with van der Waals surface area (Å²) in [6.45, 7) is 1.16. The molecule has 0 aromatic heterocycles. The number of rotatable bonds is 3. The highest BCUT2D eigenvalue weighted by Crippen LogP contribution is 2.18. The van der Waals surface area contributed by atoms with E-state index in [0.717, 1.165) is 3.57 Å². The Hall–Kier alpha value is -1.15. The zero-order chi connectivity index (χ0) is 13.8. The number of benzene rings is 1. The van der Waals surface area contributed by atoms with Crippen molar-refractivity contribution in [3.05, 3.63) is 33.4 Å². The molecule has 102 valence electrons. The van der Waals surface area contributed by atoms with Crippen LogP contribution in [-0.4, -0.2) is 47.7 Å². The van der Waals surface area contributed by atoms with Crippen molar-refractivity contribution in [1.29, 1.82) is 0 Å². The van der Waals surface area contributed by atoms with Crippen molar-refractivity contribution in [3.8, 4) is 0 Å². The van der Waals surface area contributed by atoms with Crippen LogP contribution in [0.2, 0.25) is 0 Å². The maximum Gasteiger partial charge on any atom is 0.305 e. The molecule has 5 nitrogen and oxygen atoms in total. The highest BCUT2D eigenvalue weighted by molar-refractivity contribution is 14.1. The fraction of sp³-hybridized carbons (Fsp3) is 0.385. The lowest BCUT2D eigenvalue weighted by Gasteiger charge is -2.35. The van der Waals surface area contributed by atoms with E-state index in [0.29, 0.717) is 18.7 Å². The number of carboxylic acid groups (broad SMARTS) is 1. The quantitative estimate of drug-likeness (QED) is 0.816. The van der Waals surface area contributed by atoms with Crippen LogP contribution in [0.4, 0.5) is 0 Å². The Bertz CT molecular complexity index is 491. The van der Waals surface area contributed by atoms with Crippen molar-refractivity contribution < 1.29 is 19.4 Å². The first-order valence-electron chi connectivity index (χ1n) is 5.94. The van der Waals surface area contributed by atoms with Gasteiger partial charge in [0.2, 0.25) is 0 Å². The molecule has 1 atom stereocenters. The van der Waals surface area contributed by atoms with Crippen LogP contribution in [0, 0.1) is 3.57 Å². The van der Waals surface area contributed by atoms with Gasteiger partial charge in [-0.05, 0) is 34.7 Å². The zero-order valence-electron chi connectivity index (χ0n) is 10.2. The molecule has 0 radical (unpaired) electrons. The van der Waals surface area contributed by atoms with Crippen LogP contribution in [0.15, 0.2) is 24.3 Å². The fourth-order valence-electron chi connectivity index (χ4n) is 2.08. The van der Waals surface area contributed by atoms with Gasteiger partial charge in [0.25, 0.3) is 5.91 Å². The monoisotopic (exact) mass is 375 g/mol. The molecule has 1 aliphatic heterocycles. The molecule has 19 heavy (non-hydrogen) atoms. The van der Waals surface area contributed by atoms with Gasteiger partial charge in [0.15, 0.2) is 0 Å². The van der Waals surface area contributed by atoms with Crippen LogP contribution in [0.5, 0.6) is 0 Å². The van der Waals surface area contributed by atoms with Crippen molar-refractivity contribution in [2.24, 2.45) is 0 Å². The number of carbonyl (C=O) groups excluding carboxylic acids is 1. The summed E-state index contributed by atoms with van der Waals surface area (Å²) in [7, 11) is 0. The van der Waals surface area contributed by atoms with Crippen molar-refractivity contribution in [2.75, 3.05) is 19.8 Å². The van der Waals surface area contributed by atoms with E-state index in [9.17, 15) is 9.59 Å². The molecule has 1 fully saturated rings. The SMILES string of the molecule is O=C(O)CC1COCCN1C(=O)c1ccccc1I. The third-order valence-electron chi connectivity index (χ3n) is 3.00. The molecule has 1 amide bonds. The third kappa shape index (κ3) is 3.44. The molecule has 0 spiro atoms. The number of carbonyl (C=O) groups is 2. The Labute approximate surface area is 124 Å². The molecule has 0 aliphatic carbocycles. The Morgan fingerprint density at radius 3 is 2.84 bits per heavy atom. The van der Waals surface area contributed by atoms with Crippen molar-refractivity contribution in [1.82, 2.24) is 4.90 Å². The predicted molar refractivity (Wildman–Crippen MR) is 77.1 cm³/mol. The van der Waals surface area contributed by atoms with Gasteiger partial charge >= 0.3 is 5.97 Å². The average molecular weight is 375 g/mol. The normalized spacial score (nSPS) is 19.2. The van der Waals surface area contributed by atoms with E-state index in [-0.39, 0.29) is 18.9 Å².